The van der Waals surface area contributed by atoms with E-state index in [1.165, 1.54) is 0 Å². The summed E-state index contributed by atoms with van der Waals surface area (Å²) in [5, 5.41) is 0. The van der Waals surface area contributed by atoms with Gasteiger partial charge in [0.15, 0.2) is 0 Å². The van der Waals surface area contributed by atoms with Gasteiger partial charge in [-0.15, -0.1) is 0 Å². The van der Waals surface area contributed by atoms with E-state index in [9.17, 15) is 35.1 Å². The summed E-state index contributed by atoms with van der Waals surface area (Å²) in [7, 11) is 0. The van der Waals surface area contributed by atoms with Crippen molar-refractivity contribution in [2.24, 2.45) is 0 Å². The fraction of sp³-hybridized carbons (Fsp3) is 0.214. The SMILES string of the molecule is FC(F)Oc1ncc(C(F)(F)F)cc1-c1ccccc1C(F)(F)F. The van der Waals surface area contributed by atoms with Gasteiger partial charge in [-0.25, -0.2) is 4.98 Å². The van der Waals surface area contributed by atoms with Gasteiger partial charge in [-0.1, -0.05) is 18.2 Å². The number of benzene rings is 1. The summed E-state index contributed by atoms with van der Waals surface area (Å²) in [6.07, 6.45) is -9.62. The Hall–Kier alpha value is -2.39. The van der Waals surface area contributed by atoms with Crippen LogP contribution >= 0.6 is 0 Å². The second kappa shape index (κ2) is 6.25. The normalized spacial score (nSPS) is 12.5. The van der Waals surface area contributed by atoms with Gasteiger partial charge in [0.05, 0.1) is 11.1 Å². The maximum absolute atomic E-state index is 13.0. The van der Waals surface area contributed by atoms with Crippen molar-refractivity contribution < 1.29 is 39.9 Å². The highest BCUT2D eigenvalue weighted by atomic mass is 19.4. The Kier molecular flexibility index (Phi) is 4.68. The molecule has 2 nitrogen and oxygen atoms in total. The number of halogens is 8. The number of aromatic nitrogens is 1. The standard InChI is InChI=1S/C14H7F8NO/c15-12(16)24-11-9(5-7(6-23-11)13(17,18)19)8-3-1-2-4-10(8)14(20,21)22/h1-6,12H. The van der Waals surface area contributed by atoms with E-state index >= 15 is 0 Å². The molecule has 130 valence electrons. The minimum absolute atomic E-state index is 0.206. The van der Waals surface area contributed by atoms with E-state index in [1.807, 2.05) is 0 Å². The van der Waals surface area contributed by atoms with E-state index in [0.717, 1.165) is 18.2 Å². The summed E-state index contributed by atoms with van der Waals surface area (Å²) in [5.41, 5.74) is -4.28. The molecule has 0 aliphatic carbocycles. The van der Waals surface area contributed by atoms with Crippen LogP contribution in [-0.2, 0) is 12.4 Å². The molecule has 0 aliphatic rings. The average molecular weight is 357 g/mol. The van der Waals surface area contributed by atoms with E-state index in [0.29, 0.717) is 6.07 Å². The lowest BCUT2D eigenvalue weighted by molar-refractivity contribution is -0.138. The third kappa shape index (κ3) is 3.92. The lowest BCUT2D eigenvalue weighted by atomic mass is 9.99. The Labute approximate surface area is 129 Å². The van der Waals surface area contributed by atoms with Gasteiger partial charge in [-0.05, 0) is 17.7 Å². The predicted octanol–water partition coefficient (Wildman–Crippen LogP) is 5.39. The molecule has 0 aliphatic heterocycles. The maximum Gasteiger partial charge on any atom is 0.417 e. The highest BCUT2D eigenvalue weighted by molar-refractivity contribution is 5.73. The van der Waals surface area contributed by atoms with Crippen molar-refractivity contribution in [3.63, 3.8) is 0 Å². The summed E-state index contributed by atoms with van der Waals surface area (Å²) in [6, 6.07) is 3.88. The minimum Gasteiger partial charge on any atom is -0.416 e. The van der Waals surface area contributed by atoms with Gasteiger partial charge < -0.3 is 4.74 Å². The molecule has 0 unspecified atom stereocenters. The van der Waals surface area contributed by atoms with Crippen molar-refractivity contribution >= 4 is 0 Å². The van der Waals surface area contributed by atoms with Crippen molar-refractivity contribution in [2.75, 3.05) is 0 Å². The number of alkyl halides is 8. The third-order valence-electron chi connectivity index (χ3n) is 2.90. The molecule has 0 spiro atoms. The molecule has 0 N–H and O–H groups in total. The lowest BCUT2D eigenvalue weighted by Gasteiger charge is -2.17. The summed E-state index contributed by atoms with van der Waals surface area (Å²) in [5.74, 6) is -1.03. The van der Waals surface area contributed by atoms with E-state index < -0.39 is 47.1 Å². The Bertz CT molecular complexity index is 723. The maximum atomic E-state index is 13.0. The molecule has 1 heterocycles. The van der Waals surface area contributed by atoms with Crippen molar-refractivity contribution in [1.29, 1.82) is 0 Å². The third-order valence-corrected chi connectivity index (χ3v) is 2.90. The van der Waals surface area contributed by atoms with E-state index in [1.54, 1.807) is 0 Å². The number of nitrogens with zero attached hydrogens (tertiary/aromatic N) is 1. The molecule has 10 heteroatoms. The lowest BCUT2D eigenvalue weighted by Crippen LogP contribution is -2.12. The molecule has 1 aromatic heterocycles. The van der Waals surface area contributed by atoms with E-state index in [2.05, 4.69) is 9.72 Å². The first-order chi connectivity index (χ1) is 11.0. The van der Waals surface area contributed by atoms with Crippen molar-refractivity contribution in [3.8, 4) is 17.0 Å². The number of ether oxygens (including phenoxy) is 1. The van der Waals surface area contributed by atoms with Crippen LogP contribution in [-0.4, -0.2) is 11.6 Å². The number of pyridine rings is 1. The van der Waals surface area contributed by atoms with Crippen LogP contribution in [0.25, 0.3) is 11.1 Å². The van der Waals surface area contributed by atoms with Crippen LogP contribution in [0.5, 0.6) is 5.88 Å². The number of hydrogen-bond acceptors (Lipinski definition) is 2. The van der Waals surface area contributed by atoms with E-state index in [4.69, 9.17) is 0 Å². The monoisotopic (exact) mass is 357 g/mol. The summed E-state index contributed by atoms with van der Waals surface area (Å²) in [4.78, 5) is 3.10. The van der Waals surface area contributed by atoms with E-state index in [-0.39, 0.29) is 12.3 Å². The second-order valence-electron chi connectivity index (χ2n) is 4.50. The smallest absolute Gasteiger partial charge is 0.416 e. The predicted molar refractivity (Wildman–Crippen MR) is 66.3 cm³/mol. The molecule has 0 atom stereocenters. The first kappa shape index (κ1) is 18.0. The molecule has 0 saturated carbocycles. The molecule has 1 aromatic carbocycles. The van der Waals surface area contributed by atoms with Crippen LogP contribution < -0.4 is 4.74 Å². The van der Waals surface area contributed by atoms with Gasteiger partial charge in [0.25, 0.3) is 0 Å². The van der Waals surface area contributed by atoms with Crippen molar-refractivity contribution in [1.82, 2.24) is 4.98 Å². The quantitative estimate of drug-likeness (QED) is 0.688. The highest BCUT2D eigenvalue weighted by Gasteiger charge is 2.36. The Balaban J connectivity index is 2.72. The zero-order valence-corrected chi connectivity index (χ0v) is 11.4. The molecular formula is C14H7F8NO. The topological polar surface area (TPSA) is 22.1 Å². The number of hydrogen-bond donors (Lipinski definition) is 0. The van der Waals surface area contributed by atoms with Gasteiger partial charge in [0, 0.05) is 11.8 Å². The van der Waals surface area contributed by atoms with Crippen LogP contribution in [0.3, 0.4) is 0 Å². The molecule has 2 aromatic rings. The van der Waals surface area contributed by atoms with Crippen LogP contribution in [0.1, 0.15) is 11.1 Å². The van der Waals surface area contributed by atoms with Crippen LogP contribution in [0.2, 0.25) is 0 Å². The summed E-state index contributed by atoms with van der Waals surface area (Å²) < 4.78 is 106. The van der Waals surface area contributed by atoms with Gasteiger partial charge in [-0.3, -0.25) is 0 Å². The first-order valence-corrected chi connectivity index (χ1v) is 6.19. The fourth-order valence-electron chi connectivity index (χ4n) is 1.94. The molecule has 0 amide bonds. The van der Waals surface area contributed by atoms with Crippen LogP contribution in [0, 0.1) is 0 Å². The van der Waals surface area contributed by atoms with Crippen LogP contribution in [0.15, 0.2) is 36.5 Å². The minimum atomic E-state index is -4.92. The number of rotatable bonds is 3. The molecular weight excluding hydrogens is 350 g/mol. The first-order valence-electron chi connectivity index (χ1n) is 6.19. The second-order valence-corrected chi connectivity index (χ2v) is 4.50. The van der Waals surface area contributed by atoms with Gasteiger partial charge in [-0.2, -0.15) is 35.1 Å². The zero-order valence-electron chi connectivity index (χ0n) is 11.4. The average Bonchev–Trinajstić information content (AvgIpc) is 2.45. The van der Waals surface area contributed by atoms with Gasteiger partial charge in [0.1, 0.15) is 0 Å². The Morgan fingerprint density at radius 1 is 0.875 bits per heavy atom. The Morgan fingerprint density at radius 2 is 1.50 bits per heavy atom. The molecule has 2 rings (SSSR count). The van der Waals surface area contributed by atoms with Crippen LogP contribution in [0.4, 0.5) is 35.1 Å². The highest BCUT2D eigenvalue weighted by Crippen LogP contribution is 2.42. The molecule has 0 fully saturated rings. The summed E-state index contributed by atoms with van der Waals surface area (Å²) in [6.45, 7) is -3.47. The van der Waals surface area contributed by atoms with Crippen molar-refractivity contribution in [3.05, 3.63) is 47.7 Å². The van der Waals surface area contributed by atoms with Crippen molar-refractivity contribution in [2.45, 2.75) is 19.0 Å². The summed E-state index contributed by atoms with van der Waals surface area (Å²) >= 11 is 0. The molecule has 24 heavy (non-hydrogen) atoms. The van der Waals surface area contributed by atoms with Gasteiger partial charge in [0.2, 0.25) is 5.88 Å². The Morgan fingerprint density at radius 3 is 2.04 bits per heavy atom. The van der Waals surface area contributed by atoms with Gasteiger partial charge >= 0.3 is 19.0 Å². The largest absolute Gasteiger partial charge is 0.417 e. The molecule has 0 radical (unpaired) electrons. The molecule has 0 saturated heterocycles. The fourth-order valence-corrected chi connectivity index (χ4v) is 1.94. The zero-order chi connectivity index (χ0) is 18.1. The molecule has 0 bridgehead atoms.